The molecule has 1 heterocycles. The van der Waals surface area contributed by atoms with Crippen molar-refractivity contribution in [1.29, 1.82) is 0 Å². The Kier molecular flexibility index (Phi) is 5.77. The average Bonchev–Trinajstić information content (AvgIpc) is 3.02. The van der Waals surface area contributed by atoms with E-state index in [9.17, 15) is 4.79 Å². The predicted octanol–water partition coefficient (Wildman–Crippen LogP) is 5.52. The van der Waals surface area contributed by atoms with Crippen molar-refractivity contribution >= 4 is 11.4 Å². The minimum Gasteiger partial charge on any atom is -0.497 e. The van der Waals surface area contributed by atoms with Gasteiger partial charge in [-0.25, -0.2) is 0 Å². The van der Waals surface area contributed by atoms with Gasteiger partial charge in [0.15, 0.2) is 5.78 Å². The van der Waals surface area contributed by atoms with Gasteiger partial charge in [0.25, 0.3) is 0 Å². The molecule has 1 saturated carbocycles. The SMILES string of the molecule is COc1ccc(C(=C[C@@]23COC[C@@H](C[C@H]2c2ccccc2)C3=O)c2ccc(OC)cc2)cc1. The Morgan fingerprint density at radius 1 is 0.879 bits per heavy atom. The molecule has 1 saturated heterocycles. The molecule has 2 bridgehead atoms. The Morgan fingerprint density at radius 3 is 2.00 bits per heavy atom. The highest BCUT2D eigenvalue weighted by Crippen LogP contribution is 2.54. The first-order chi connectivity index (χ1) is 16.1. The molecule has 3 atom stereocenters. The van der Waals surface area contributed by atoms with Gasteiger partial charge in [-0.2, -0.15) is 0 Å². The highest BCUT2D eigenvalue weighted by atomic mass is 16.5. The summed E-state index contributed by atoms with van der Waals surface area (Å²) >= 11 is 0. The van der Waals surface area contributed by atoms with Crippen molar-refractivity contribution in [2.24, 2.45) is 11.3 Å². The second-order valence-corrected chi connectivity index (χ2v) is 8.83. The zero-order valence-corrected chi connectivity index (χ0v) is 19.0. The molecule has 0 spiro atoms. The first-order valence-corrected chi connectivity index (χ1v) is 11.3. The molecule has 2 fully saturated rings. The van der Waals surface area contributed by atoms with E-state index in [1.54, 1.807) is 14.2 Å². The highest BCUT2D eigenvalue weighted by molar-refractivity contribution is 5.96. The zero-order valence-electron chi connectivity index (χ0n) is 19.0. The zero-order chi connectivity index (χ0) is 22.8. The van der Waals surface area contributed by atoms with Crippen molar-refractivity contribution < 1.29 is 19.0 Å². The largest absolute Gasteiger partial charge is 0.497 e. The predicted molar refractivity (Wildman–Crippen MR) is 129 cm³/mol. The first kappa shape index (κ1) is 21.5. The normalized spacial score (nSPS) is 23.8. The van der Waals surface area contributed by atoms with Crippen LogP contribution in [0.3, 0.4) is 0 Å². The fourth-order valence-electron chi connectivity index (χ4n) is 5.30. The van der Waals surface area contributed by atoms with Gasteiger partial charge in [0, 0.05) is 11.8 Å². The van der Waals surface area contributed by atoms with E-state index in [2.05, 4.69) is 18.2 Å². The van der Waals surface area contributed by atoms with Gasteiger partial charge in [-0.05, 0) is 52.9 Å². The van der Waals surface area contributed by atoms with Crippen molar-refractivity contribution in [3.8, 4) is 11.5 Å². The third kappa shape index (κ3) is 3.85. The molecule has 0 N–H and O–H groups in total. The molecule has 0 aromatic heterocycles. The van der Waals surface area contributed by atoms with Crippen LogP contribution < -0.4 is 9.47 Å². The van der Waals surface area contributed by atoms with Crippen LogP contribution in [0.15, 0.2) is 84.9 Å². The maximum atomic E-state index is 13.7. The molecule has 4 nitrogen and oxygen atoms in total. The number of hydrogen-bond acceptors (Lipinski definition) is 4. The third-order valence-electron chi connectivity index (χ3n) is 7.04. The lowest BCUT2D eigenvalue weighted by Gasteiger charge is -2.34. The molecule has 0 radical (unpaired) electrons. The smallest absolute Gasteiger partial charge is 0.151 e. The monoisotopic (exact) mass is 440 g/mol. The molecule has 2 aliphatic rings. The third-order valence-corrected chi connectivity index (χ3v) is 7.04. The Morgan fingerprint density at radius 2 is 1.45 bits per heavy atom. The van der Waals surface area contributed by atoms with Crippen LogP contribution in [-0.2, 0) is 9.53 Å². The topological polar surface area (TPSA) is 44.8 Å². The maximum absolute atomic E-state index is 13.7. The van der Waals surface area contributed by atoms with Gasteiger partial charge in [-0.15, -0.1) is 0 Å². The number of rotatable bonds is 6. The lowest BCUT2D eigenvalue weighted by Crippen LogP contribution is -2.41. The second kappa shape index (κ2) is 8.87. The summed E-state index contributed by atoms with van der Waals surface area (Å²) in [7, 11) is 3.32. The summed E-state index contributed by atoms with van der Waals surface area (Å²) in [5, 5.41) is 0. The van der Waals surface area contributed by atoms with Gasteiger partial charge in [-0.3, -0.25) is 4.79 Å². The fraction of sp³-hybridized carbons (Fsp3) is 0.276. The van der Waals surface area contributed by atoms with Crippen LogP contribution in [0, 0.1) is 11.3 Å². The lowest BCUT2D eigenvalue weighted by atomic mass is 9.71. The number of hydrogen-bond donors (Lipinski definition) is 0. The van der Waals surface area contributed by atoms with E-state index in [1.807, 2.05) is 66.7 Å². The molecule has 0 amide bonds. The summed E-state index contributed by atoms with van der Waals surface area (Å²) in [6, 6.07) is 26.4. The summed E-state index contributed by atoms with van der Waals surface area (Å²) < 4.78 is 16.8. The molecule has 3 aromatic carbocycles. The van der Waals surface area contributed by atoms with Crippen LogP contribution in [-0.4, -0.2) is 33.2 Å². The Labute approximate surface area is 194 Å². The number of carbonyl (C=O) groups is 1. The van der Waals surface area contributed by atoms with E-state index >= 15 is 0 Å². The van der Waals surface area contributed by atoms with Gasteiger partial charge in [-0.1, -0.05) is 60.7 Å². The number of fused-ring (bicyclic) bond motifs is 2. The van der Waals surface area contributed by atoms with Gasteiger partial charge < -0.3 is 14.2 Å². The summed E-state index contributed by atoms with van der Waals surface area (Å²) in [5.74, 6) is 1.91. The molecular weight excluding hydrogens is 412 g/mol. The molecule has 4 heteroatoms. The van der Waals surface area contributed by atoms with Gasteiger partial charge in [0.05, 0.1) is 32.8 Å². The first-order valence-electron chi connectivity index (χ1n) is 11.3. The molecule has 168 valence electrons. The van der Waals surface area contributed by atoms with Gasteiger partial charge in [0.2, 0.25) is 0 Å². The van der Waals surface area contributed by atoms with Crippen molar-refractivity contribution in [2.75, 3.05) is 27.4 Å². The Balaban J connectivity index is 1.68. The molecule has 3 aromatic rings. The number of carbonyl (C=O) groups excluding carboxylic acids is 1. The molecular formula is C29H28O4. The minimum absolute atomic E-state index is 0.0619. The molecule has 5 rings (SSSR count). The van der Waals surface area contributed by atoms with Crippen LogP contribution in [0.25, 0.3) is 5.57 Å². The van der Waals surface area contributed by atoms with Crippen LogP contribution in [0.2, 0.25) is 0 Å². The highest BCUT2D eigenvalue weighted by Gasteiger charge is 2.56. The molecule has 1 aliphatic heterocycles. The summed E-state index contributed by atoms with van der Waals surface area (Å²) in [6.07, 6.45) is 2.99. The number of benzene rings is 3. The van der Waals surface area contributed by atoms with Crippen LogP contribution in [0.4, 0.5) is 0 Å². The van der Waals surface area contributed by atoms with Crippen LogP contribution >= 0.6 is 0 Å². The van der Waals surface area contributed by atoms with Crippen molar-refractivity contribution in [3.63, 3.8) is 0 Å². The number of Topliss-reactive ketones (excluding diaryl/α,β-unsaturated/α-hetero) is 1. The maximum Gasteiger partial charge on any atom is 0.151 e. The minimum atomic E-state index is -0.695. The van der Waals surface area contributed by atoms with E-state index in [-0.39, 0.29) is 11.8 Å². The van der Waals surface area contributed by atoms with E-state index in [0.717, 1.165) is 34.6 Å². The second-order valence-electron chi connectivity index (χ2n) is 8.83. The number of methoxy groups -OCH3 is 2. The summed E-state index contributed by atoms with van der Waals surface area (Å²) in [6.45, 7) is 0.913. The van der Waals surface area contributed by atoms with Gasteiger partial charge in [0.1, 0.15) is 11.5 Å². The van der Waals surface area contributed by atoms with Crippen LogP contribution in [0.5, 0.6) is 11.5 Å². The molecule has 1 aliphatic carbocycles. The number of ether oxygens (including phenoxy) is 3. The Hall–Kier alpha value is -3.37. The average molecular weight is 441 g/mol. The van der Waals surface area contributed by atoms with E-state index in [1.165, 1.54) is 5.56 Å². The van der Waals surface area contributed by atoms with Crippen molar-refractivity contribution in [1.82, 2.24) is 0 Å². The summed E-state index contributed by atoms with van der Waals surface area (Å²) in [5.41, 5.74) is 3.58. The molecule has 33 heavy (non-hydrogen) atoms. The van der Waals surface area contributed by atoms with Gasteiger partial charge >= 0.3 is 0 Å². The Bertz CT molecular complexity index is 1100. The quantitative estimate of drug-likeness (QED) is 0.506. The molecule has 0 unspecified atom stereocenters. The van der Waals surface area contributed by atoms with E-state index < -0.39 is 5.41 Å². The van der Waals surface area contributed by atoms with E-state index in [4.69, 9.17) is 14.2 Å². The fourth-order valence-corrected chi connectivity index (χ4v) is 5.30. The van der Waals surface area contributed by atoms with E-state index in [0.29, 0.717) is 19.0 Å². The van der Waals surface area contributed by atoms with Crippen LogP contribution in [0.1, 0.15) is 29.0 Å². The lowest BCUT2D eigenvalue weighted by molar-refractivity contribution is -0.137. The number of ketones is 1. The summed E-state index contributed by atoms with van der Waals surface area (Å²) in [4.78, 5) is 13.7. The standard InChI is InChI=1S/C29H28O4/c1-31-24-12-8-20(9-13-24)26(21-10-14-25(32-2)15-11-21)17-29-19-33-18-23(28(29)30)16-27(29)22-6-4-3-5-7-22/h3-15,17,23,27H,16,18-19H2,1-2H3/t23-,27+,29-/m1/s1. The van der Waals surface area contributed by atoms with Crippen molar-refractivity contribution in [3.05, 3.63) is 102 Å². The van der Waals surface area contributed by atoms with Crippen molar-refractivity contribution in [2.45, 2.75) is 12.3 Å².